The molecule has 0 radical (unpaired) electrons. The van der Waals surface area contributed by atoms with Crippen LogP contribution in [0.5, 0.6) is 5.75 Å². The average Bonchev–Trinajstić information content (AvgIpc) is 2.61. The zero-order valence-corrected chi connectivity index (χ0v) is 13.6. The molecule has 3 rings (SSSR count). The molecule has 6 heteroatoms. The van der Waals surface area contributed by atoms with Crippen LogP contribution in [0.2, 0.25) is 0 Å². The molecular formula is C18H19N3O3. The van der Waals surface area contributed by atoms with E-state index in [-0.39, 0.29) is 11.3 Å². The number of rotatable bonds is 5. The molecule has 0 fully saturated rings. The number of carbonyl (C=O) groups excluding carboxylic acids is 1. The minimum Gasteiger partial charge on any atom is -0.497 e. The van der Waals surface area contributed by atoms with Crippen molar-refractivity contribution in [3.8, 4) is 5.75 Å². The Labute approximate surface area is 138 Å². The summed E-state index contributed by atoms with van der Waals surface area (Å²) >= 11 is 0. The molecule has 24 heavy (non-hydrogen) atoms. The molecule has 0 saturated heterocycles. The van der Waals surface area contributed by atoms with Gasteiger partial charge in [0.15, 0.2) is 5.43 Å². The van der Waals surface area contributed by atoms with E-state index in [0.717, 1.165) is 0 Å². The Bertz CT molecular complexity index is 963. The summed E-state index contributed by atoms with van der Waals surface area (Å²) in [5, 5.41) is 6.83. The van der Waals surface area contributed by atoms with E-state index >= 15 is 0 Å². The van der Waals surface area contributed by atoms with Gasteiger partial charge in [-0.1, -0.05) is 6.07 Å². The number of fused-ring (bicyclic) bond motifs is 2. The molecule has 0 spiro atoms. The molecule has 2 aromatic carbocycles. The second-order valence-electron chi connectivity index (χ2n) is 5.45. The van der Waals surface area contributed by atoms with Crippen molar-refractivity contribution in [2.75, 3.05) is 27.2 Å². The first-order valence-electron chi connectivity index (χ1n) is 7.71. The van der Waals surface area contributed by atoms with Crippen LogP contribution in [-0.4, -0.2) is 38.1 Å². The maximum atomic E-state index is 12.8. The van der Waals surface area contributed by atoms with Crippen molar-refractivity contribution in [2.24, 2.45) is 0 Å². The predicted octanol–water partition coefficient (Wildman–Crippen LogP) is 1.64. The Balaban J connectivity index is 2.16. The maximum absolute atomic E-state index is 12.8. The highest BCUT2D eigenvalue weighted by Gasteiger charge is 2.14. The van der Waals surface area contributed by atoms with Crippen LogP contribution in [-0.2, 0) is 0 Å². The summed E-state index contributed by atoms with van der Waals surface area (Å²) in [7, 11) is 3.38. The van der Waals surface area contributed by atoms with Gasteiger partial charge in [0, 0.05) is 23.9 Å². The van der Waals surface area contributed by atoms with E-state index in [9.17, 15) is 9.59 Å². The van der Waals surface area contributed by atoms with Crippen molar-refractivity contribution >= 4 is 27.7 Å². The Morgan fingerprint density at radius 1 is 1.17 bits per heavy atom. The zero-order chi connectivity index (χ0) is 17.1. The lowest BCUT2D eigenvalue weighted by molar-refractivity contribution is 0.0955. The molecule has 0 unspecified atom stereocenters. The Morgan fingerprint density at radius 2 is 2.00 bits per heavy atom. The van der Waals surface area contributed by atoms with E-state index in [1.54, 1.807) is 43.5 Å². The SMILES string of the molecule is CNCCNC(=O)c1cccc2c(=O)c3cc(OC)ccc3[nH]c12. The summed E-state index contributed by atoms with van der Waals surface area (Å²) < 4.78 is 5.18. The molecule has 0 aliphatic carbocycles. The topological polar surface area (TPSA) is 83.2 Å². The lowest BCUT2D eigenvalue weighted by Gasteiger charge is -2.10. The van der Waals surface area contributed by atoms with Crippen LogP contribution in [0.3, 0.4) is 0 Å². The molecule has 124 valence electrons. The van der Waals surface area contributed by atoms with Crippen LogP contribution in [0.25, 0.3) is 21.8 Å². The first-order chi connectivity index (χ1) is 11.7. The lowest BCUT2D eigenvalue weighted by atomic mass is 10.1. The van der Waals surface area contributed by atoms with Gasteiger partial charge in [-0.25, -0.2) is 0 Å². The van der Waals surface area contributed by atoms with Gasteiger partial charge in [0.1, 0.15) is 5.75 Å². The molecule has 0 bridgehead atoms. The van der Waals surface area contributed by atoms with Gasteiger partial charge < -0.3 is 20.4 Å². The Kier molecular flexibility index (Phi) is 4.48. The van der Waals surface area contributed by atoms with E-state index in [0.29, 0.717) is 46.2 Å². The number of carbonyl (C=O) groups is 1. The number of hydrogen-bond donors (Lipinski definition) is 3. The number of ether oxygens (including phenoxy) is 1. The molecule has 3 aromatic rings. The molecule has 6 nitrogen and oxygen atoms in total. The number of likely N-dealkylation sites (N-methyl/N-ethyl adjacent to an activating group) is 1. The molecule has 1 amide bonds. The minimum atomic E-state index is -0.209. The van der Waals surface area contributed by atoms with Crippen LogP contribution >= 0.6 is 0 Å². The van der Waals surface area contributed by atoms with Crippen molar-refractivity contribution in [1.29, 1.82) is 0 Å². The number of para-hydroxylation sites is 1. The molecule has 0 saturated carbocycles. The van der Waals surface area contributed by atoms with E-state index in [2.05, 4.69) is 15.6 Å². The first kappa shape index (κ1) is 16.0. The van der Waals surface area contributed by atoms with Gasteiger partial charge in [-0.05, 0) is 37.4 Å². The molecule has 0 aliphatic rings. The highest BCUT2D eigenvalue weighted by molar-refractivity contribution is 6.07. The van der Waals surface area contributed by atoms with Crippen molar-refractivity contribution in [1.82, 2.24) is 15.6 Å². The summed E-state index contributed by atoms with van der Waals surface area (Å²) in [5.41, 5.74) is 1.55. The normalized spacial score (nSPS) is 10.9. The largest absolute Gasteiger partial charge is 0.497 e. The fourth-order valence-electron chi connectivity index (χ4n) is 2.69. The van der Waals surface area contributed by atoms with Gasteiger partial charge in [-0.2, -0.15) is 0 Å². The number of aromatic nitrogens is 1. The third-order valence-electron chi connectivity index (χ3n) is 3.95. The number of benzene rings is 2. The highest BCUT2D eigenvalue weighted by Crippen LogP contribution is 2.21. The number of H-pyrrole nitrogens is 1. The van der Waals surface area contributed by atoms with Crippen LogP contribution in [0.4, 0.5) is 0 Å². The number of amides is 1. The zero-order valence-electron chi connectivity index (χ0n) is 13.6. The van der Waals surface area contributed by atoms with E-state index in [1.165, 1.54) is 0 Å². The van der Waals surface area contributed by atoms with Crippen LogP contribution < -0.4 is 20.8 Å². The molecule has 1 aromatic heterocycles. The maximum Gasteiger partial charge on any atom is 0.253 e. The summed E-state index contributed by atoms with van der Waals surface area (Å²) in [6.45, 7) is 1.19. The monoisotopic (exact) mass is 325 g/mol. The minimum absolute atomic E-state index is 0.123. The number of nitrogens with one attached hydrogen (secondary N) is 3. The molecule has 3 N–H and O–H groups in total. The summed E-state index contributed by atoms with van der Waals surface area (Å²) in [5.74, 6) is 0.410. The van der Waals surface area contributed by atoms with Crippen molar-refractivity contribution in [3.63, 3.8) is 0 Å². The smallest absolute Gasteiger partial charge is 0.253 e. The van der Waals surface area contributed by atoms with Crippen LogP contribution in [0.1, 0.15) is 10.4 Å². The molecule has 0 aliphatic heterocycles. The van der Waals surface area contributed by atoms with Crippen molar-refractivity contribution < 1.29 is 9.53 Å². The van der Waals surface area contributed by atoms with E-state index in [4.69, 9.17) is 4.74 Å². The number of pyridine rings is 1. The standard InChI is InChI=1S/C18H19N3O3/c1-19-8-9-20-18(23)13-5-3-4-12-16(13)21-15-7-6-11(24-2)10-14(15)17(12)22/h3-7,10,19H,8-9H2,1-2H3,(H,20,23)(H,21,22). The number of hydrogen-bond acceptors (Lipinski definition) is 4. The van der Waals surface area contributed by atoms with Gasteiger partial charge >= 0.3 is 0 Å². The second kappa shape index (κ2) is 6.72. The van der Waals surface area contributed by atoms with Gasteiger partial charge in [0.25, 0.3) is 5.91 Å². The average molecular weight is 325 g/mol. The van der Waals surface area contributed by atoms with Crippen LogP contribution in [0, 0.1) is 0 Å². The quantitative estimate of drug-likeness (QED) is 0.492. The first-order valence-corrected chi connectivity index (χ1v) is 7.71. The number of aromatic amines is 1. The van der Waals surface area contributed by atoms with Gasteiger partial charge in [-0.3, -0.25) is 9.59 Å². The fourth-order valence-corrected chi connectivity index (χ4v) is 2.69. The molecular weight excluding hydrogens is 306 g/mol. The van der Waals surface area contributed by atoms with Crippen LogP contribution in [0.15, 0.2) is 41.2 Å². The predicted molar refractivity (Wildman–Crippen MR) is 94.9 cm³/mol. The summed E-state index contributed by atoms with van der Waals surface area (Å²) in [6.07, 6.45) is 0. The second-order valence-corrected chi connectivity index (χ2v) is 5.45. The third-order valence-corrected chi connectivity index (χ3v) is 3.95. The molecule has 1 heterocycles. The van der Waals surface area contributed by atoms with Gasteiger partial charge in [-0.15, -0.1) is 0 Å². The highest BCUT2D eigenvalue weighted by atomic mass is 16.5. The summed E-state index contributed by atoms with van der Waals surface area (Å²) in [4.78, 5) is 28.4. The molecule has 0 atom stereocenters. The Hall–Kier alpha value is -2.86. The Morgan fingerprint density at radius 3 is 2.75 bits per heavy atom. The lowest BCUT2D eigenvalue weighted by Crippen LogP contribution is -2.30. The number of methoxy groups -OCH3 is 1. The summed E-state index contributed by atoms with van der Waals surface area (Å²) in [6, 6.07) is 10.4. The van der Waals surface area contributed by atoms with Crippen molar-refractivity contribution in [3.05, 3.63) is 52.2 Å². The van der Waals surface area contributed by atoms with Gasteiger partial charge in [0.05, 0.1) is 23.7 Å². The van der Waals surface area contributed by atoms with Gasteiger partial charge in [0.2, 0.25) is 0 Å². The van der Waals surface area contributed by atoms with Crippen molar-refractivity contribution in [2.45, 2.75) is 0 Å². The third kappa shape index (κ3) is 2.83. The van der Waals surface area contributed by atoms with E-state index in [1.807, 2.05) is 7.05 Å². The fraction of sp³-hybridized carbons (Fsp3) is 0.222. The van der Waals surface area contributed by atoms with E-state index < -0.39 is 0 Å².